The molecule has 2 heterocycles. The van der Waals surface area contributed by atoms with Crippen molar-refractivity contribution in [1.82, 2.24) is 19.8 Å². The van der Waals surface area contributed by atoms with Gasteiger partial charge in [-0.25, -0.2) is 9.97 Å². The summed E-state index contributed by atoms with van der Waals surface area (Å²) in [5.74, 6) is 1.65. The summed E-state index contributed by atoms with van der Waals surface area (Å²) in [6, 6.07) is 15.0. The fourth-order valence-electron chi connectivity index (χ4n) is 5.17. The number of methoxy groups -OCH3 is 2. The molecule has 0 spiro atoms. The number of anilines is 2. The van der Waals surface area contributed by atoms with E-state index < -0.39 is 0 Å². The quantitative estimate of drug-likeness (QED) is 0.267. The smallest absolute Gasteiger partial charge is 0.255 e. The Kier molecular flexibility index (Phi) is 9.04. The van der Waals surface area contributed by atoms with E-state index in [1.54, 1.807) is 26.4 Å². The summed E-state index contributed by atoms with van der Waals surface area (Å²) in [4.78, 5) is 26.6. The minimum atomic E-state index is -0.256. The number of likely N-dealkylation sites (N-methyl/N-ethyl adjacent to an activating group) is 1. The molecule has 1 saturated heterocycles. The van der Waals surface area contributed by atoms with Crippen LogP contribution in [0.1, 0.15) is 22.3 Å². The van der Waals surface area contributed by atoms with Gasteiger partial charge in [0, 0.05) is 61.5 Å². The predicted molar refractivity (Wildman–Crippen MR) is 166 cm³/mol. The van der Waals surface area contributed by atoms with Gasteiger partial charge in [-0.15, -0.1) is 0 Å². The first-order valence-electron chi connectivity index (χ1n) is 14.1. The number of fused-ring (bicyclic) bond motifs is 1. The Hall–Kier alpha value is -4.41. The SMILES string of the molecule is COc1cc(NC(=O)c2ccc(C)c(-c3ccc4ncnc(N)c4c3)c2)cc(OCCCN2CCN(C)CC2)c1OC. The second-order valence-corrected chi connectivity index (χ2v) is 10.5. The number of carbonyl (C=O) groups is 1. The van der Waals surface area contributed by atoms with Crippen molar-refractivity contribution in [2.45, 2.75) is 13.3 Å². The summed E-state index contributed by atoms with van der Waals surface area (Å²) < 4.78 is 17.3. The first-order valence-corrected chi connectivity index (χ1v) is 14.1. The van der Waals surface area contributed by atoms with E-state index in [-0.39, 0.29) is 5.91 Å². The molecule has 0 radical (unpaired) electrons. The molecule has 0 aliphatic carbocycles. The maximum Gasteiger partial charge on any atom is 0.255 e. The molecule has 0 unspecified atom stereocenters. The molecule has 220 valence electrons. The number of amides is 1. The van der Waals surface area contributed by atoms with Crippen LogP contribution in [0.3, 0.4) is 0 Å². The summed E-state index contributed by atoms with van der Waals surface area (Å²) in [6.07, 6.45) is 2.33. The van der Waals surface area contributed by atoms with Gasteiger partial charge >= 0.3 is 0 Å². The lowest BCUT2D eigenvalue weighted by molar-refractivity contribution is 0.102. The number of nitrogen functional groups attached to an aromatic ring is 1. The van der Waals surface area contributed by atoms with Gasteiger partial charge < -0.3 is 35.1 Å². The standard InChI is InChI=1S/C32H38N6O4/c1-21-6-7-23(17-25(21)22-8-9-27-26(16-22)31(33)35-20-34-27)32(39)36-24-18-28(40-3)30(41-4)29(19-24)42-15-5-10-38-13-11-37(2)12-14-38/h6-9,16-20H,5,10-15H2,1-4H3,(H,36,39)(H2,33,34,35). The highest BCUT2D eigenvalue weighted by Crippen LogP contribution is 2.40. The van der Waals surface area contributed by atoms with E-state index in [0.29, 0.717) is 40.9 Å². The van der Waals surface area contributed by atoms with Gasteiger partial charge in [0.2, 0.25) is 5.75 Å². The van der Waals surface area contributed by atoms with E-state index in [1.807, 2.05) is 43.3 Å². The Morgan fingerprint density at radius 3 is 2.52 bits per heavy atom. The van der Waals surface area contributed by atoms with Gasteiger partial charge in [0.05, 0.1) is 26.3 Å². The highest BCUT2D eigenvalue weighted by atomic mass is 16.5. The van der Waals surface area contributed by atoms with Crippen LogP contribution in [0.25, 0.3) is 22.0 Å². The summed E-state index contributed by atoms with van der Waals surface area (Å²) in [6.45, 7) is 7.80. The van der Waals surface area contributed by atoms with Crippen molar-refractivity contribution in [1.29, 1.82) is 0 Å². The van der Waals surface area contributed by atoms with Gasteiger partial charge in [-0.05, 0) is 61.3 Å². The number of nitrogens with one attached hydrogen (secondary N) is 1. The fraction of sp³-hybridized carbons (Fsp3) is 0.344. The first kappa shape index (κ1) is 29.1. The third kappa shape index (κ3) is 6.56. The van der Waals surface area contributed by atoms with E-state index in [2.05, 4.69) is 32.1 Å². The summed E-state index contributed by atoms with van der Waals surface area (Å²) in [7, 11) is 5.29. The molecule has 0 saturated carbocycles. The average molecular weight is 571 g/mol. The lowest BCUT2D eigenvalue weighted by atomic mass is 9.96. The Bertz CT molecular complexity index is 1570. The molecule has 10 nitrogen and oxygen atoms in total. The number of nitrogens with two attached hydrogens (primary N) is 1. The number of ether oxygens (including phenoxy) is 3. The Balaban J connectivity index is 1.32. The highest BCUT2D eigenvalue weighted by Gasteiger charge is 2.18. The molecule has 42 heavy (non-hydrogen) atoms. The van der Waals surface area contributed by atoms with E-state index in [4.69, 9.17) is 19.9 Å². The molecular weight excluding hydrogens is 532 g/mol. The van der Waals surface area contributed by atoms with Crippen molar-refractivity contribution in [2.24, 2.45) is 0 Å². The van der Waals surface area contributed by atoms with E-state index >= 15 is 0 Å². The summed E-state index contributed by atoms with van der Waals surface area (Å²) >= 11 is 0. The van der Waals surface area contributed by atoms with E-state index in [9.17, 15) is 4.79 Å². The molecule has 10 heteroatoms. The molecular formula is C32H38N6O4. The van der Waals surface area contributed by atoms with Crippen molar-refractivity contribution in [3.05, 3.63) is 66.0 Å². The average Bonchev–Trinajstić information content (AvgIpc) is 3.00. The number of carbonyl (C=O) groups excluding carboxylic acids is 1. The van der Waals surface area contributed by atoms with Crippen LogP contribution in [0.15, 0.2) is 54.9 Å². The molecule has 1 aromatic heterocycles. The Morgan fingerprint density at radius 1 is 0.976 bits per heavy atom. The third-order valence-corrected chi connectivity index (χ3v) is 7.65. The van der Waals surface area contributed by atoms with Gasteiger partial charge in [-0.1, -0.05) is 12.1 Å². The minimum absolute atomic E-state index is 0.256. The number of hydrogen-bond acceptors (Lipinski definition) is 9. The minimum Gasteiger partial charge on any atom is -0.493 e. The number of hydrogen-bond donors (Lipinski definition) is 2. The topological polar surface area (TPSA) is 115 Å². The summed E-state index contributed by atoms with van der Waals surface area (Å²) in [5.41, 5.74) is 10.8. The van der Waals surface area contributed by atoms with Crippen molar-refractivity contribution >= 4 is 28.3 Å². The predicted octanol–water partition coefficient (Wildman–Crippen LogP) is 4.47. The first-order chi connectivity index (χ1) is 20.4. The van der Waals surface area contributed by atoms with Crippen LogP contribution in [-0.4, -0.2) is 86.3 Å². The van der Waals surface area contributed by atoms with Crippen LogP contribution in [0, 0.1) is 6.92 Å². The maximum atomic E-state index is 13.4. The molecule has 1 amide bonds. The maximum absolute atomic E-state index is 13.4. The molecule has 1 aliphatic rings. The van der Waals surface area contributed by atoms with Crippen LogP contribution < -0.4 is 25.3 Å². The Morgan fingerprint density at radius 2 is 1.76 bits per heavy atom. The lowest BCUT2D eigenvalue weighted by Crippen LogP contribution is -2.44. The van der Waals surface area contributed by atoms with Crippen LogP contribution in [-0.2, 0) is 0 Å². The summed E-state index contributed by atoms with van der Waals surface area (Å²) in [5, 5.41) is 3.77. The molecule has 0 atom stereocenters. The van der Waals surface area contributed by atoms with Gasteiger partial charge in [-0.2, -0.15) is 0 Å². The molecule has 3 aromatic carbocycles. The lowest BCUT2D eigenvalue weighted by Gasteiger charge is -2.32. The normalized spacial score (nSPS) is 14.1. The van der Waals surface area contributed by atoms with Crippen molar-refractivity contribution in [2.75, 3.05) is 71.6 Å². The highest BCUT2D eigenvalue weighted by molar-refractivity contribution is 6.05. The number of rotatable bonds is 10. The number of aryl methyl sites for hydroxylation is 1. The molecule has 1 fully saturated rings. The second kappa shape index (κ2) is 13.1. The van der Waals surface area contributed by atoms with Gasteiger partial charge in [-0.3, -0.25) is 4.79 Å². The second-order valence-electron chi connectivity index (χ2n) is 10.5. The van der Waals surface area contributed by atoms with Crippen LogP contribution >= 0.6 is 0 Å². The van der Waals surface area contributed by atoms with Crippen molar-refractivity contribution in [3.63, 3.8) is 0 Å². The van der Waals surface area contributed by atoms with E-state index in [1.165, 1.54) is 6.33 Å². The molecule has 0 bridgehead atoms. The number of nitrogens with zero attached hydrogens (tertiary/aromatic N) is 4. The fourth-order valence-corrected chi connectivity index (χ4v) is 5.17. The van der Waals surface area contributed by atoms with Gasteiger partial charge in [0.25, 0.3) is 5.91 Å². The number of aromatic nitrogens is 2. The zero-order valence-electron chi connectivity index (χ0n) is 24.6. The van der Waals surface area contributed by atoms with Crippen LogP contribution in [0.2, 0.25) is 0 Å². The number of benzene rings is 3. The molecule has 4 aromatic rings. The molecule has 5 rings (SSSR count). The largest absolute Gasteiger partial charge is 0.493 e. The van der Waals surface area contributed by atoms with Crippen molar-refractivity contribution in [3.8, 4) is 28.4 Å². The molecule has 1 aliphatic heterocycles. The molecule has 3 N–H and O–H groups in total. The zero-order valence-corrected chi connectivity index (χ0v) is 24.6. The monoisotopic (exact) mass is 570 g/mol. The van der Waals surface area contributed by atoms with Crippen LogP contribution in [0.4, 0.5) is 11.5 Å². The number of piperazine rings is 1. The van der Waals surface area contributed by atoms with E-state index in [0.717, 1.165) is 66.7 Å². The van der Waals surface area contributed by atoms with Crippen LogP contribution in [0.5, 0.6) is 17.2 Å². The third-order valence-electron chi connectivity index (χ3n) is 7.65. The Labute approximate surface area is 246 Å². The van der Waals surface area contributed by atoms with Gasteiger partial charge in [0.1, 0.15) is 12.1 Å². The van der Waals surface area contributed by atoms with Gasteiger partial charge in [0.15, 0.2) is 11.5 Å². The zero-order chi connectivity index (χ0) is 29.6. The van der Waals surface area contributed by atoms with Crippen molar-refractivity contribution < 1.29 is 19.0 Å².